The predicted molar refractivity (Wildman–Crippen MR) is 60.9 cm³/mol. The Balaban J connectivity index is 3.67. The van der Waals surface area contributed by atoms with Gasteiger partial charge in [-0.15, -0.1) is 0 Å². The lowest BCUT2D eigenvalue weighted by Crippen LogP contribution is -2.24. The van der Waals surface area contributed by atoms with Crippen LogP contribution in [-0.2, 0) is 0 Å². The molecule has 1 heteroatoms. The van der Waals surface area contributed by atoms with Gasteiger partial charge in [0.25, 0.3) is 0 Å². The van der Waals surface area contributed by atoms with Gasteiger partial charge in [0.2, 0.25) is 0 Å². The Bertz CT molecular complexity index is 176. The second kappa shape index (κ2) is 7.81. The topological polar surface area (TPSA) is 3.24 Å². The molecule has 0 aromatic rings. The molecule has 13 heavy (non-hydrogen) atoms. The van der Waals surface area contributed by atoms with Gasteiger partial charge in [-0.3, -0.25) is 0 Å². The maximum absolute atomic E-state index is 3.97. The van der Waals surface area contributed by atoms with Gasteiger partial charge in [-0.05, 0) is 19.5 Å². The monoisotopic (exact) mass is 179 g/mol. The lowest BCUT2D eigenvalue weighted by Gasteiger charge is -2.17. The van der Waals surface area contributed by atoms with Crippen molar-refractivity contribution in [2.24, 2.45) is 0 Å². The summed E-state index contributed by atoms with van der Waals surface area (Å²) < 4.78 is 0. The van der Waals surface area contributed by atoms with E-state index in [9.17, 15) is 0 Å². The van der Waals surface area contributed by atoms with Gasteiger partial charge >= 0.3 is 0 Å². The van der Waals surface area contributed by atoms with Gasteiger partial charge in [-0.1, -0.05) is 50.8 Å². The summed E-state index contributed by atoms with van der Waals surface area (Å²) in [7, 11) is 0. The van der Waals surface area contributed by atoms with Crippen LogP contribution in [0.5, 0.6) is 0 Å². The summed E-state index contributed by atoms with van der Waals surface area (Å²) in [6.07, 6.45) is 6.79. The third kappa shape index (κ3) is 6.35. The molecule has 0 rings (SSSR count). The van der Waals surface area contributed by atoms with E-state index in [1.807, 2.05) is 12.2 Å². The summed E-state index contributed by atoms with van der Waals surface area (Å²) in [5.41, 5.74) is 1.17. The molecular weight excluding hydrogens is 158 g/mol. The minimum absolute atomic E-state index is 1.05. The highest BCUT2D eigenvalue weighted by molar-refractivity contribution is 5.18. The van der Waals surface area contributed by atoms with Crippen LogP contribution in [0.1, 0.15) is 20.3 Å². The van der Waals surface area contributed by atoms with E-state index < -0.39 is 0 Å². The maximum Gasteiger partial charge on any atom is 0.00214 e. The molecule has 0 saturated heterocycles. The molecule has 0 saturated carbocycles. The molecule has 0 aliphatic heterocycles. The zero-order valence-electron chi connectivity index (χ0n) is 8.92. The molecule has 0 aliphatic carbocycles. The third-order valence-electron chi connectivity index (χ3n) is 2.11. The molecular formula is C12H21N. The van der Waals surface area contributed by atoms with E-state index in [1.165, 1.54) is 5.57 Å². The Labute approximate surface area is 82.4 Å². The van der Waals surface area contributed by atoms with Crippen molar-refractivity contribution in [3.8, 4) is 0 Å². The first-order valence-electron chi connectivity index (χ1n) is 4.93. The summed E-state index contributed by atoms with van der Waals surface area (Å²) >= 11 is 0. The molecule has 0 bridgehead atoms. The average molecular weight is 179 g/mol. The standard InChI is InChI=1S/C12H21N/c1-5-8-9-12(4)10-11-13(6-2)7-3/h5,8-9H,1,4,6-7,10-11H2,2-3H3. The molecule has 0 fully saturated rings. The van der Waals surface area contributed by atoms with Crippen molar-refractivity contribution in [2.75, 3.05) is 19.6 Å². The lowest BCUT2D eigenvalue weighted by molar-refractivity contribution is 0.308. The predicted octanol–water partition coefficient (Wildman–Crippen LogP) is 3.02. The number of hydrogen-bond acceptors (Lipinski definition) is 1. The molecule has 1 nitrogen and oxygen atoms in total. The van der Waals surface area contributed by atoms with Crippen LogP contribution in [0.2, 0.25) is 0 Å². The van der Waals surface area contributed by atoms with Crippen LogP contribution in [0, 0.1) is 0 Å². The van der Waals surface area contributed by atoms with E-state index in [-0.39, 0.29) is 0 Å². The summed E-state index contributed by atoms with van der Waals surface area (Å²) in [6.45, 7) is 15.3. The highest BCUT2D eigenvalue weighted by Gasteiger charge is 1.97. The maximum atomic E-state index is 3.97. The Morgan fingerprint density at radius 2 is 1.92 bits per heavy atom. The molecule has 0 amide bonds. The summed E-state index contributed by atoms with van der Waals surface area (Å²) in [5.74, 6) is 0. The zero-order chi connectivity index (χ0) is 10.1. The molecule has 0 N–H and O–H groups in total. The van der Waals surface area contributed by atoms with Crippen molar-refractivity contribution in [2.45, 2.75) is 20.3 Å². The Morgan fingerprint density at radius 1 is 1.31 bits per heavy atom. The van der Waals surface area contributed by atoms with E-state index in [2.05, 4.69) is 31.9 Å². The van der Waals surface area contributed by atoms with Crippen molar-refractivity contribution >= 4 is 0 Å². The van der Waals surface area contributed by atoms with Crippen LogP contribution in [0.25, 0.3) is 0 Å². The van der Waals surface area contributed by atoms with Crippen molar-refractivity contribution in [1.29, 1.82) is 0 Å². The van der Waals surface area contributed by atoms with Crippen molar-refractivity contribution < 1.29 is 0 Å². The van der Waals surface area contributed by atoms with Gasteiger partial charge in [0, 0.05) is 6.54 Å². The molecule has 0 spiro atoms. The number of nitrogens with zero attached hydrogens (tertiary/aromatic N) is 1. The molecule has 0 aromatic carbocycles. The molecule has 0 atom stereocenters. The molecule has 0 heterocycles. The van der Waals surface area contributed by atoms with Gasteiger partial charge < -0.3 is 4.90 Å². The van der Waals surface area contributed by atoms with Crippen molar-refractivity contribution in [3.63, 3.8) is 0 Å². The van der Waals surface area contributed by atoms with Crippen LogP contribution in [-0.4, -0.2) is 24.5 Å². The van der Waals surface area contributed by atoms with E-state index in [0.717, 1.165) is 26.1 Å². The fourth-order valence-electron chi connectivity index (χ4n) is 1.13. The number of rotatable bonds is 7. The highest BCUT2D eigenvalue weighted by Crippen LogP contribution is 2.02. The molecule has 0 radical (unpaired) electrons. The first-order valence-corrected chi connectivity index (χ1v) is 4.93. The van der Waals surface area contributed by atoms with Gasteiger partial charge in [0.15, 0.2) is 0 Å². The second-order valence-electron chi connectivity index (χ2n) is 3.03. The fraction of sp³-hybridized carbons (Fsp3) is 0.500. The van der Waals surface area contributed by atoms with Crippen LogP contribution >= 0.6 is 0 Å². The third-order valence-corrected chi connectivity index (χ3v) is 2.11. The summed E-state index contributed by atoms with van der Waals surface area (Å²) in [5, 5.41) is 0. The summed E-state index contributed by atoms with van der Waals surface area (Å²) in [6, 6.07) is 0. The Kier molecular flexibility index (Phi) is 7.32. The van der Waals surface area contributed by atoms with Gasteiger partial charge in [0.1, 0.15) is 0 Å². The quantitative estimate of drug-likeness (QED) is 0.543. The van der Waals surface area contributed by atoms with Gasteiger partial charge in [-0.2, -0.15) is 0 Å². The molecule has 0 aliphatic rings. The Hall–Kier alpha value is -0.820. The van der Waals surface area contributed by atoms with Gasteiger partial charge in [0.05, 0.1) is 0 Å². The Morgan fingerprint density at radius 3 is 2.38 bits per heavy atom. The first-order chi connectivity index (χ1) is 6.24. The first kappa shape index (κ1) is 12.2. The van der Waals surface area contributed by atoms with Crippen LogP contribution < -0.4 is 0 Å². The minimum atomic E-state index is 1.05. The van der Waals surface area contributed by atoms with Crippen LogP contribution in [0.3, 0.4) is 0 Å². The van der Waals surface area contributed by atoms with Gasteiger partial charge in [-0.25, -0.2) is 0 Å². The van der Waals surface area contributed by atoms with E-state index in [1.54, 1.807) is 6.08 Å². The molecule has 0 unspecified atom stereocenters. The lowest BCUT2D eigenvalue weighted by atomic mass is 10.2. The number of allylic oxidation sites excluding steroid dienone is 3. The number of hydrogen-bond donors (Lipinski definition) is 0. The van der Waals surface area contributed by atoms with Crippen LogP contribution in [0.4, 0.5) is 0 Å². The highest BCUT2D eigenvalue weighted by atomic mass is 15.1. The summed E-state index contributed by atoms with van der Waals surface area (Å²) in [4.78, 5) is 2.40. The average Bonchev–Trinajstić information content (AvgIpc) is 2.16. The zero-order valence-corrected chi connectivity index (χ0v) is 8.92. The normalized spacial score (nSPS) is 11.0. The van der Waals surface area contributed by atoms with E-state index in [0.29, 0.717) is 0 Å². The largest absolute Gasteiger partial charge is 0.304 e. The SMILES string of the molecule is C=CC=CC(=C)CCN(CC)CC. The molecule has 74 valence electrons. The molecule has 0 aromatic heterocycles. The van der Waals surface area contributed by atoms with E-state index in [4.69, 9.17) is 0 Å². The van der Waals surface area contributed by atoms with Crippen LogP contribution in [0.15, 0.2) is 37.0 Å². The fourth-order valence-corrected chi connectivity index (χ4v) is 1.13. The second-order valence-corrected chi connectivity index (χ2v) is 3.03. The van der Waals surface area contributed by atoms with Crippen molar-refractivity contribution in [3.05, 3.63) is 37.0 Å². The minimum Gasteiger partial charge on any atom is -0.304 e. The smallest absolute Gasteiger partial charge is 0.00214 e. The van der Waals surface area contributed by atoms with Crippen molar-refractivity contribution in [1.82, 2.24) is 4.90 Å². The van der Waals surface area contributed by atoms with E-state index >= 15 is 0 Å².